The van der Waals surface area contributed by atoms with Gasteiger partial charge < -0.3 is 24.7 Å². The second kappa shape index (κ2) is 9.55. The maximum absolute atomic E-state index is 11.7. The van der Waals surface area contributed by atoms with Crippen molar-refractivity contribution in [2.45, 2.75) is 44.8 Å². The molecular weight excluding hydrogens is 392 g/mol. The molecule has 2 aliphatic rings. The molecule has 0 radical (unpaired) electrons. The van der Waals surface area contributed by atoms with Crippen LogP contribution in [0.15, 0.2) is 24.3 Å². The predicted molar refractivity (Wildman–Crippen MR) is 106 cm³/mol. The summed E-state index contributed by atoms with van der Waals surface area (Å²) in [6, 6.07) is 7.67. The van der Waals surface area contributed by atoms with Crippen molar-refractivity contribution in [1.82, 2.24) is 5.06 Å². The first-order valence-electron chi connectivity index (χ1n) is 10.2. The molecule has 2 amide bonds. The molecule has 164 valence electrons. The van der Waals surface area contributed by atoms with Crippen molar-refractivity contribution in [3.05, 3.63) is 29.8 Å². The molecule has 30 heavy (non-hydrogen) atoms. The second-order valence-corrected chi connectivity index (χ2v) is 7.64. The summed E-state index contributed by atoms with van der Waals surface area (Å²) in [6.07, 6.45) is -0.969. The van der Waals surface area contributed by atoms with Crippen molar-refractivity contribution in [1.29, 1.82) is 0 Å². The predicted octanol–water partition coefficient (Wildman–Crippen LogP) is 0.592. The first-order chi connectivity index (χ1) is 14.3. The van der Waals surface area contributed by atoms with E-state index >= 15 is 0 Å². The molecule has 9 nitrogen and oxygen atoms in total. The Morgan fingerprint density at radius 1 is 1.13 bits per heavy atom. The number of rotatable bonds is 9. The molecule has 1 saturated carbocycles. The molecule has 3 rings (SSSR count). The molecule has 9 heteroatoms. The topological polar surface area (TPSA) is 117 Å². The average Bonchev–Trinajstić information content (AvgIpc) is 3.06. The lowest BCUT2D eigenvalue weighted by Gasteiger charge is -2.45. The summed E-state index contributed by atoms with van der Waals surface area (Å²) >= 11 is 0. The molecule has 0 spiro atoms. The third-order valence-electron chi connectivity index (χ3n) is 5.76. The first-order valence-corrected chi connectivity index (χ1v) is 10.2. The number of imide groups is 1. The molecule has 0 aromatic heterocycles. The van der Waals surface area contributed by atoms with Gasteiger partial charge in [-0.1, -0.05) is 19.1 Å². The van der Waals surface area contributed by atoms with Crippen molar-refractivity contribution in [2.24, 2.45) is 5.92 Å². The highest BCUT2D eigenvalue weighted by Crippen LogP contribution is 2.42. The molecule has 1 aliphatic heterocycles. The van der Waals surface area contributed by atoms with Gasteiger partial charge in [-0.15, -0.1) is 5.06 Å². The Morgan fingerprint density at radius 3 is 2.30 bits per heavy atom. The molecule has 2 N–H and O–H groups in total. The van der Waals surface area contributed by atoms with E-state index in [1.807, 2.05) is 38.1 Å². The van der Waals surface area contributed by atoms with Crippen LogP contribution in [0.25, 0.3) is 0 Å². The van der Waals surface area contributed by atoms with Crippen LogP contribution in [0.5, 0.6) is 0 Å². The summed E-state index contributed by atoms with van der Waals surface area (Å²) in [5, 5.41) is 20.6. The summed E-state index contributed by atoms with van der Waals surface area (Å²) in [7, 11) is 0. The zero-order chi connectivity index (χ0) is 21.8. The molecule has 1 heterocycles. The third-order valence-corrected chi connectivity index (χ3v) is 5.76. The van der Waals surface area contributed by atoms with Crippen molar-refractivity contribution in [3.8, 4) is 0 Å². The number of carbonyl (C=O) groups excluding carboxylic acids is 3. The van der Waals surface area contributed by atoms with Crippen molar-refractivity contribution < 1.29 is 34.2 Å². The number of nitrogens with zero attached hydrogens (tertiary/aromatic N) is 2. The van der Waals surface area contributed by atoms with E-state index < -0.39 is 30.0 Å². The zero-order valence-corrected chi connectivity index (χ0v) is 17.2. The number of hydroxylamine groups is 2. The summed E-state index contributed by atoms with van der Waals surface area (Å²) < 4.78 is 5.33. The molecule has 1 aromatic rings. The smallest absolute Gasteiger partial charge is 0.358 e. The van der Waals surface area contributed by atoms with Gasteiger partial charge in [0.25, 0.3) is 11.8 Å². The van der Waals surface area contributed by atoms with Gasteiger partial charge in [0.2, 0.25) is 0 Å². The van der Waals surface area contributed by atoms with Crippen molar-refractivity contribution in [3.63, 3.8) is 0 Å². The van der Waals surface area contributed by atoms with E-state index in [2.05, 4.69) is 4.90 Å². The number of aliphatic hydroxyl groups is 2. The normalized spacial score (nSPS) is 25.9. The van der Waals surface area contributed by atoms with Crippen LogP contribution in [0, 0.1) is 5.92 Å². The molecule has 2 fully saturated rings. The van der Waals surface area contributed by atoms with E-state index in [1.54, 1.807) is 0 Å². The standard InChI is InChI=1S/C21H28N2O7/c1-3-22(10-11-29-12-18(26)30-23-16(24)8-9-17(23)25)15-6-4-14(5-7-15)19-20(27)13(2)21(19)28/h4-7,13,19-21,27-28H,3,8-12H2,1-2H3. The zero-order valence-electron chi connectivity index (χ0n) is 17.2. The maximum Gasteiger partial charge on any atom is 0.358 e. The van der Waals surface area contributed by atoms with Crippen LogP contribution < -0.4 is 4.90 Å². The van der Waals surface area contributed by atoms with E-state index in [4.69, 9.17) is 9.57 Å². The molecule has 1 saturated heterocycles. The number of hydrogen-bond donors (Lipinski definition) is 2. The van der Waals surface area contributed by atoms with Crippen molar-refractivity contribution >= 4 is 23.5 Å². The minimum Gasteiger partial charge on any atom is -0.392 e. The van der Waals surface area contributed by atoms with E-state index in [1.165, 1.54) is 0 Å². The van der Waals surface area contributed by atoms with Gasteiger partial charge >= 0.3 is 5.97 Å². The minimum atomic E-state index is -0.794. The minimum absolute atomic E-state index is 0.0505. The Bertz CT molecular complexity index is 756. The van der Waals surface area contributed by atoms with Crippen molar-refractivity contribution in [2.75, 3.05) is 31.2 Å². The van der Waals surface area contributed by atoms with E-state index in [0.717, 1.165) is 17.8 Å². The van der Waals surface area contributed by atoms with Gasteiger partial charge in [-0.2, -0.15) is 0 Å². The van der Waals surface area contributed by atoms with E-state index in [-0.39, 0.29) is 37.9 Å². The fourth-order valence-corrected chi connectivity index (χ4v) is 3.80. The molecule has 0 bridgehead atoms. The Morgan fingerprint density at radius 2 is 1.73 bits per heavy atom. The monoisotopic (exact) mass is 420 g/mol. The third kappa shape index (κ3) is 4.63. The fourth-order valence-electron chi connectivity index (χ4n) is 3.80. The second-order valence-electron chi connectivity index (χ2n) is 7.64. The highest BCUT2D eigenvalue weighted by Gasteiger charge is 2.46. The van der Waals surface area contributed by atoms with Crippen LogP contribution in [-0.4, -0.2) is 71.6 Å². The lowest BCUT2D eigenvalue weighted by molar-refractivity contribution is -0.200. The molecule has 2 atom stereocenters. The largest absolute Gasteiger partial charge is 0.392 e. The van der Waals surface area contributed by atoms with Gasteiger partial charge in [0, 0.05) is 43.5 Å². The maximum atomic E-state index is 11.7. The van der Waals surface area contributed by atoms with Crippen LogP contribution >= 0.6 is 0 Å². The van der Waals surface area contributed by atoms with Gasteiger partial charge in [-0.3, -0.25) is 9.59 Å². The highest BCUT2D eigenvalue weighted by atomic mass is 16.7. The summed E-state index contributed by atoms with van der Waals surface area (Å²) in [5.74, 6) is -2.21. The number of hydrogen-bond acceptors (Lipinski definition) is 8. The number of aliphatic hydroxyl groups excluding tert-OH is 2. The van der Waals surface area contributed by atoms with Crippen LogP contribution in [0.1, 0.15) is 38.2 Å². The number of likely N-dealkylation sites (N-methyl/N-ethyl adjacent to an activating group) is 1. The number of amides is 2. The molecule has 1 aliphatic carbocycles. The SMILES string of the molecule is CCN(CCOCC(=O)ON1C(=O)CCC1=O)c1ccc(C2C(O)C(C)C2O)cc1. The summed E-state index contributed by atoms with van der Waals surface area (Å²) in [4.78, 5) is 41.4. The molecule has 2 unspecified atom stereocenters. The molecular formula is C21H28N2O7. The highest BCUT2D eigenvalue weighted by molar-refractivity contribution is 6.01. The number of ether oxygens (including phenoxy) is 1. The van der Waals surface area contributed by atoms with Crippen LogP contribution in [0.4, 0.5) is 5.69 Å². The quantitative estimate of drug-likeness (QED) is 0.441. The number of benzene rings is 1. The van der Waals surface area contributed by atoms with Gasteiger partial charge in [-0.05, 0) is 24.6 Å². The summed E-state index contributed by atoms with van der Waals surface area (Å²) in [5.41, 5.74) is 1.86. The van der Waals surface area contributed by atoms with Gasteiger partial charge in [0.1, 0.15) is 6.61 Å². The Hall–Kier alpha value is -2.49. The lowest BCUT2D eigenvalue weighted by Crippen LogP contribution is -2.51. The van der Waals surface area contributed by atoms with E-state index in [9.17, 15) is 24.6 Å². The van der Waals surface area contributed by atoms with Gasteiger partial charge in [-0.25, -0.2) is 4.79 Å². The lowest BCUT2D eigenvalue weighted by atomic mass is 9.67. The summed E-state index contributed by atoms with van der Waals surface area (Å²) in [6.45, 7) is 4.96. The van der Waals surface area contributed by atoms with Gasteiger partial charge in [0.15, 0.2) is 0 Å². The number of carbonyl (C=O) groups is 3. The Kier molecular flexibility index (Phi) is 7.06. The molecule has 1 aromatic carbocycles. The Labute approximate surface area is 175 Å². The van der Waals surface area contributed by atoms with E-state index in [0.29, 0.717) is 11.6 Å². The first kappa shape index (κ1) is 22.2. The average molecular weight is 420 g/mol. The van der Waals surface area contributed by atoms with Crippen LogP contribution in [0.2, 0.25) is 0 Å². The van der Waals surface area contributed by atoms with Crippen LogP contribution in [0.3, 0.4) is 0 Å². The fraction of sp³-hybridized carbons (Fsp3) is 0.571. The van der Waals surface area contributed by atoms with Gasteiger partial charge in [0.05, 0.1) is 18.8 Å². The number of anilines is 1. The van der Waals surface area contributed by atoms with Crippen LogP contribution in [-0.2, 0) is 24.0 Å². The Balaban J connectivity index is 1.44.